The van der Waals surface area contributed by atoms with Gasteiger partial charge in [-0.1, -0.05) is 35.9 Å². The zero-order chi connectivity index (χ0) is 26.7. The maximum Gasteiger partial charge on any atom is 0.294 e. The van der Waals surface area contributed by atoms with E-state index in [0.29, 0.717) is 34.4 Å². The zero-order valence-corrected chi connectivity index (χ0v) is 21.3. The van der Waals surface area contributed by atoms with E-state index < -0.39 is 21.8 Å². The lowest BCUT2D eigenvalue weighted by Gasteiger charge is -2.12. The average Bonchev–Trinajstić information content (AvgIpc) is 2.85. The second kappa shape index (κ2) is 10.6. The van der Waals surface area contributed by atoms with Crippen LogP contribution in [0.4, 0.5) is 17.1 Å². The molecule has 0 atom stereocenters. The summed E-state index contributed by atoms with van der Waals surface area (Å²) in [6.07, 6.45) is 0. The van der Waals surface area contributed by atoms with Gasteiger partial charge in [0.25, 0.3) is 16.0 Å². The number of amides is 1. The number of benzene rings is 4. The molecule has 0 aliphatic heterocycles. The molecule has 0 spiro atoms. The van der Waals surface area contributed by atoms with Gasteiger partial charge in [-0.2, -0.15) is 8.42 Å². The third-order valence-corrected chi connectivity index (χ3v) is 6.56. The lowest BCUT2D eigenvalue weighted by molar-refractivity contribution is 0.102. The van der Waals surface area contributed by atoms with Crippen LogP contribution in [0.1, 0.15) is 22.8 Å². The number of hydrogen-bond acceptors (Lipinski definition) is 7. The highest BCUT2D eigenvalue weighted by Crippen LogP contribution is 2.41. The molecule has 4 aromatic carbocycles. The molecular formula is C26H22ClN3O6S. The molecule has 0 unspecified atom stereocenters. The number of aryl methyl sites for hydroxylation is 1. The van der Waals surface area contributed by atoms with E-state index >= 15 is 0 Å². The Morgan fingerprint density at radius 3 is 2.35 bits per heavy atom. The molecule has 0 bridgehead atoms. The van der Waals surface area contributed by atoms with Crippen molar-refractivity contribution in [1.82, 2.24) is 0 Å². The van der Waals surface area contributed by atoms with Gasteiger partial charge in [0, 0.05) is 11.1 Å². The summed E-state index contributed by atoms with van der Waals surface area (Å²) in [5.41, 5.74) is 0.986. The van der Waals surface area contributed by atoms with Crippen molar-refractivity contribution in [3.8, 4) is 11.5 Å². The molecular weight excluding hydrogens is 518 g/mol. The van der Waals surface area contributed by atoms with Crippen LogP contribution in [0, 0.1) is 6.92 Å². The molecule has 0 radical (unpaired) electrons. The standard InChI is InChI=1S/C26H22ClN3O6S/c1-3-36-18-10-8-17(9-11-18)28-26(32)21-13-16-6-4-5-7-20(16)24(25(21)31)30-29-23-15(2)12-19(14-22(23)27)37(33,34)35/h4-14,31H,3H2,1-2H3,(H,28,32)(H,33,34,35). The van der Waals surface area contributed by atoms with Gasteiger partial charge in [0.05, 0.1) is 22.1 Å². The molecule has 0 saturated carbocycles. The molecule has 4 rings (SSSR count). The molecule has 190 valence electrons. The highest BCUT2D eigenvalue weighted by Gasteiger charge is 2.20. The van der Waals surface area contributed by atoms with Crippen molar-refractivity contribution in [1.29, 1.82) is 0 Å². The van der Waals surface area contributed by atoms with Crippen LogP contribution < -0.4 is 10.1 Å². The number of phenols is 1. The predicted octanol–water partition coefficient (Wildman–Crippen LogP) is 6.82. The Bertz CT molecular complexity index is 1610. The highest BCUT2D eigenvalue weighted by atomic mass is 35.5. The zero-order valence-electron chi connectivity index (χ0n) is 19.8. The highest BCUT2D eigenvalue weighted by molar-refractivity contribution is 7.85. The quantitative estimate of drug-likeness (QED) is 0.174. The van der Waals surface area contributed by atoms with E-state index in [1.165, 1.54) is 6.07 Å². The van der Waals surface area contributed by atoms with Crippen LogP contribution in [0.15, 0.2) is 81.9 Å². The van der Waals surface area contributed by atoms with Gasteiger partial charge < -0.3 is 15.2 Å². The number of carbonyl (C=O) groups excluding carboxylic acids is 1. The number of hydrogen-bond donors (Lipinski definition) is 3. The average molecular weight is 540 g/mol. The van der Waals surface area contributed by atoms with Gasteiger partial charge in [-0.25, -0.2) is 0 Å². The van der Waals surface area contributed by atoms with Crippen molar-refractivity contribution in [2.24, 2.45) is 10.2 Å². The molecule has 0 saturated heterocycles. The van der Waals surface area contributed by atoms with Crippen LogP contribution in [0.3, 0.4) is 0 Å². The third-order valence-electron chi connectivity index (χ3n) is 5.44. The fraction of sp³-hybridized carbons (Fsp3) is 0.115. The Morgan fingerprint density at radius 1 is 1.03 bits per heavy atom. The number of phenolic OH excluding ortho intramolecular Hbond substituents is 1. The fourth-order valence-electron chi connectivity index (χ4n) is 3.67. The Labute approximate surface area is 218 Å². The van der Waals surface area contributed by atoms with Crippen molar-refractivity contribution >= 4 is 55.5 Å². The summed E-state index contributed by atoms with van der Waals surface area (Å²) in [7, 11) is -4.46. The Morgan fingerprint density at radius 2 is 1.70 bits per heavy atom. The van der Waals surface area contributed by atoms with E-state index in [1.807, 2.05) is 6.92 Å². The van der Waals surface area contributed by atoms with E-state index in [9.17, 15) is 22.9 Å². The first-order valence-electron chi connectivity index (χ1n) is 11.1. The van der Waals surface area contributed by atoms with Crippen molar-refractivity contribution in [2.45, 2.75) is 18.7 Å². The van der Waals surface area contributed by atoms with Gasteiger partial charge in [-0.15, -0.1) is 10.2 Å². The number of halogens is 1. The van der Waals surface area contributed by atoms with Crippen LogP contribution in [-0.2, 0) is 10.1 Å². The largest absolute Gasteiger partial charge is 0.505 e. The number of aromatic hydroxyl groups is 1. The molecule has 0 aliphatic rings. The second-order valence-electron chi connectivity index (χ2n) is 8.00. The molecule has 4 aromatic rings. The number of rotatable bonds is 7. The SMILES string of the molecule is CCOc1ccc(NC(=O)c2cc3ccccc3c(N=Nc3c(C)cc(S(=O)(=O)O)cc3Cl)c2O)cc1. The lowest BCUT2D eigenvalue weighted by atomic mass is 10.0. The number of carbonyl (C=O) groups is 1. The van der Waals surface area contributed by atoms with Crippen LogP contribution in [-0.4, -0.2) is 30.6 Å². The molecule has 0 aromatic heterocycles. The van der Waals surface area contributed by atoms with Crippen molar-refractivity contribution in [2.75, 3.05) is 11.9 Å². The molecule has 0 heterocycles. The topological polar surface area (TPSA) is 138 Å². The Hall–Kier alpha value is -3.99. The summed E-state index contributed by atoms with van der Waals surface area (Å²) in [6, 6.07) is 17.6. The smallest absolute Gasteiger partial charge is 0.294 e. The van der Waals surface area contributed by atoms with Gasteiger partial charge in [0.1, 0.15) is 17.1 Å². The molecule has 0 fully saturated rings. The predicted molar refractivity (Wildman–Crippen MR) is 141 cm³/mol. The van der Waals surface area contributed by atoms with Crippen molar-refractivity contribution in [3.05, 3.63) is 82.9 Å². The van der Waals surface area contributed by atoms with Crippen LogP contribution in [0.5, 0.6) is 11.5 Å². The van der Waals surface area contributed by atoms with Gasteiger partial charge in [0.15, 0.2) is 5.75 Å². The van der Waals surface area contributed by atoms with Crippen molar-refractivity contribution in [3.63, 3.8) is 0 Å². The summed E-state index contributed by atoms with van der Waals surface area (Å²) >= 11 is 6.20. The summed E-state index contributed by atoms with van der Waals surface area (Å²) in [5.74, 6) is -0.292. The Balaban J connectivity index is 1.74. The molecule has 11 heteroatoms. The van der Waals surface area contributed by atoms with Gasteiger partial charge in [0.2, 0.25) is 0 Å². The lowest BCUT2D eigenvalue weighted by Crippen LogP contribution is -2.12. The van der Waals surface area contributed by atoms with Gasteiger partial charge in [-0.3, -0.25) is 9.35 Å². The molecule has 37 heavy (non-hydrogen) atoms. The molecule has 9 nitrogen and oxygen atoms in total. The molecule has 1 amide bonds. The number of nitrogens with zero attached hydrogens (tertiary/aromatic N) is 2. The molecule has 3 N–H and O–H groups in total. The summed E-state index contributed by atoms with van der Waals surface area (Å²) in [6.45, 7) is 3.94. The van der Waals surface area contributed by atoms with E-state index in [1.54, 1.807) is 61.5 Å². The van der Waals surface area contributed by atoms with E-state index in [0.717, 1.165) is 6.07 Å². The van der Waals surface area contributed by atoms with Gasteiger partial charge in [-0.05, 0) is 67.3 Å². The maximum atomic E-state index is 13.1. The summed E-state index contributed by atoms with van der Waals surface area (Å²) in [5, 5.41) is 23.2. The summed E-state index contributed by atoms with van der Waals surface area (Å²) < 4.78 is 37.6. The number of ether oxygens (including phenoxy) is 1. The Kier molecular flexibility index (Phi) is 7.44. The monoisotopic (exact) mass is 539 g/mol. The minimum atomic E-state index is -4.46. The first-order chi connectivity index (χ1) is 17.6. The van der Waals surface area contributed by atoms with Crippen LogP contribution in [0.25, 0.3) is 10.8 Å². The maximum absolute atomic E-state index is 13.1. The van der Waals surface area contributed by atoms with E-state index in [-0.39, 0.29) is 26.9 Å². The number of nitrogens with one attached hydrogen (secondary N) is 1. The number of fused-ring (bicyclic) bond motifs is 1. The molecule has 0 aliphatic carbocycles. The van der Waals surface area contributed by atoms with E-state index in [4.69, 9.17) is 16.3 Å². The summed E-state index contributed by atoms with van der Waals surface area (Å²) in [4.78, 5) is 12.7. The van der Waals surface area contributed by atoms with Crippen LogP contribution in [0.2, 0.25) is 5.02 Å². The number of anilines is 1. The minimum Gasteiger partial charge on any atom is -0.505 e. The first kappa shape index (κ1) is 26.1. The van der Waals surface area contributed by atoms with Crippen LogP contribution >= 0.6 is 11.6 Å². The normalized spacial score (nSPS) is 11.7. The first-order valence-corrected chi connectivity index (χ1v) is 12.9. The second-order valence-corrected chi connectivity index (χ2v) is 9.83. The van der Waals surface area contributed by atoms with E-state index in [2.05, 4.69) is 15.5 Å². The van der Waals surface area contributed by atoms with Gasteiger partial charge >= 0.3 is 0 Å². The third kappa shape index (κ3) is 5.72. The van der Waals surface area contributed by atoms with Crippen molar-refractivity contribution < 1.29 is 27.6 Å². The fourth-order valence-corrected chi connectivity index (χ4v) is 4.63. The minimum absolute atomic E-state index is 0.0222. The number of azo groups is 1.